The lowest BCUT2D eigenvalue weighted by molar-refractivity contribution is -0.138. The summed E-state index contributed by atoms with van der Waals surface area (Å²) in [5, 5.41) is 5.74. The smallest absolute Gasteiger partial charge is 0.246 e. The predicted molar refractivity (Wildman–Crippen MR) is 82.9 cm³/mol. The number of aromatic nitrogens is 1. The van der Waals surface area contributed by atoms with Crippen LogP contribution in [-0.2, 0) is 9.59 Å². The highest BCUT2D eigenvalue weighted by Gasteiger charge is 2.40. The van der Waals surface area contributed by atoms with Gasteiger partial charge in [-0.1, -0.05) is 27.7 Å². The van der Waals surface area contributed by atoms with E-state index in [9.17, 15) is 9.59 Å². The summed E-state index contributed by atoms with van der Waals surface area (Å²) in [7, 11) is 0. The molecule has 2 rings (SSSR count). The molecule has 1 aliphatic heterocycles. The molecular formula is C15H23N3O2S. The summed E-state index contributed by atoms with van der Waals surface area (Å²) < 4.78 is 0. The molecule has 0 bridgehead atoms. The van der Waals surface area contributed by atoms with Crippen LogP contribution in [0.2, 0.25) is 0 Å². The standard InChI is InChI=1S/C15H23N3O2S/c1-5-10(13-16-7-9-21-13)18-8-6-11(19)17-12(14(18)20)15(2,3)4/h7,9-10,12H,5-6,8H2,1-4H3,(H,17,19). The Morgan fingerprint density at radius 2 is 2.19 bits per heavy atom. The van der Waals surface area contributed by atoms with Crippen molar-refractivity contribution in [3.8, 4) is 0 Å². The van der Waals surface area contributed by atoms with E-state index in [4.69, 9.17) is 0 Å². The third kappa shape index (κ3) is 3.43. The van der Waals surface area contributed by atoms with Gasteiger partial charge in [0.1, 0.15) is 11.0 Å². The number of carbonyl (C=O) groups excluding carboxylic acids is 2. The van der Waals surface area contributed by atoms with E-state index in [2.05, 4.69) is 10.3 Å². The number of nitrogens with one attached hydrogen (secondary N) is 1. The first-order valence-electron chi connectivity index (χ1n) is 7.33. The molecule has 1 aliphatic rings. The third-order valence-corrected chi connectivity index (χ3v) is 4.66. The minimum absolute atomic E-state index is 0.00426. The molecule has 1 aromatic heterocycles. The molecule has 0 aliphatic carbocycles. The Morgan fingerprint density at radius 3 is 2.71 bits per heavy atom. The number of carbonyl (C=O) groups is 2. The van der Waals surface area contributed by atoms with Crippen LogP contribution in [0.4, 0.5) is 0 Å². The van der Waals surface area contributed by atoms with Crippen molar-refractivity contribution in [3.05, 3.63) is 16.6 Å². The lowest BCUT2D eigenvalue weighted by atomic mass is 9.85. The molecule has 0 radical (unpaired) electrons. The Balaban J connectivity index is 2.33. The summed E-state index contributed by atoms with van der Waals surface area (Å²) in [6.45, 7) is 8.43. The number of nitrogens with zero attached hydrogens (tertiary/aromatic N) is 2. The minimum atomic E-state index is -0.485. The molecule has 1 fully saturated rings. The summed E-state index contributed by atoms with van der Waals surface area (Å²) in [5.41, 5.74) is -0.309. The van der Waals surface area contributed by atoms with Crippen LogP contribution < -0.4 is 5.32 Å². The predicted octanol–water partition coefficient (Wildman–Crippen LogP) is 2.36. The highest BCUT2D eigenvalue weighted by molar-refractivity contribution is 7.09. The Kier molecular flexibility index (Phi) is 4.66. The zero-order valence-electron chi connectivity index (χ0n) is 13.0. The van der Waals surface area contributed by atoms with Crippen LogP contribution in [0.1, 0.15) is 51.6 Å². The normalized spacial score (nSPS) is 21.9. The second kappa shape index (κ2) is 6.13. The van der Waals surface area contributed by atoms with Gasteiger partial charge in [0.25, 0.3) is 0 Å². The van der Waals surface area contributed by atoms with Crippen molar-refractivity contribution in [3.63, 3.8) is 0 Å². The number of amides is 2. The first kappa shape index (κ1) is 15.9. The topological polar surface area (TPSA) is 62.3 Å². The summed E-state index contributed by atoms with van der Waals surface area (Å²) in [5.74, 6) is -0.0600. The second-order valence-electron chi connectivity index (χ2n) is 6.44. The number of rotatable bonds is 3. The van der Waals surface area contributed by atoms with Crippen LogP contribution in [-0.4, -0.2) is 34.3 Å². The van der Waals surface area contributed by atoms with Crippen molar-refractivity contribution >= 4 is 23.2 Å². The molecule has 2 amide bonds. The zero-order chi connectivity index (χ0) is 15.6. The van der Waals surface area contributed by atoms with E-state index >= 15 is 0 Å². The average Bonchev–Trinajstić information content (AvgIpc) is 2.87. The largest absolute Gasteiger partial charge is 0.344 e. The van der Waals surface area contributed by atoms with Gasteiger partial charge in [-0.2, -0.15) is 0 Å². The summed E-state index contributed by atoms with van der Waals surface area (Å²) in [6.07, 6.45) is 2.90. The third-order valence-electron chi connectivity index (χ3n) is 3.78. The van der Waals surface area contributed by atoms with Gasteiger partial charge < -0.3 is 10.2 Å². The quantitative estimate of drug-likeness (QED) is 0.932. The van der Waals surface area contributed by atoms with Gasteiger partial charge in [0.2, 0.25) is 11.8 Å². The molecule has 0 aromatic carbocycles. The maximum atomic E-state index is 12.9. The number of hydrogen-bond donors (Lipinski definition) is 1. The monoisotopic (exact) mass is 309 g/mol. The van der Waals surface area contributed by atoms with Gasteiger partial charge in [-0.15, -0.1) is 11.3 Å². The van der Waals surface area contributed by atoms with Crippen LogP contribution >= 0.6 is 11.3 Å². The van der Waals surface area contributed by atoms with Crippen LogP contribution in [0.3, 0.4) is 0 Å². The highest BCUT2D eigenvalue weighted by Crippen LogP contribution is 2.31. The van der Waals surface area contributed by atoms with Crippen LogP contribution in [0, 0.1) is 5.41 Å². The van der Waals surface area contributed by atoms with E-state index in [0.29, 0.717) is 13.0 Å². The van der Waals surface area contributed by atoms with Gasteiger partial charge in [0, 0.05) is 24.5 Å². The fourth-order valence-electron chi connectivity index (χ4n) is 2.62. The first-order chi connectivity index (χ1) is 9.84. The van der Waals surface area contributed by atoms with Gasteiger partial charge >= 0.3 is 0 Å². The van der Waals surface area contributed by atoms with E-state index in [1.54, 1.807) is 17.5 Å². The lowest BCUT2D eigenvalue weighted by Gasteiger charge is -2.35. The molecule has 0 spiro atoms. The van der Waals surface area contributed by atoms with Crippen molar-refractivity contribution < 1.29 is 9.59 Å². The number of hydrogen-bond acceptors (Lipinski definition) is 4. The molecule has 1 saturated heterocycles. The molecule has 116 valence electrons. The molecule has 21 heavy (non-hydrogen) atoms. The van der Waals surface area contributed by atoms with Crippen molar-refractivity contribution in [1.82, 2.24) is 15.2 Å². The summed E-state index contributed by atoms with van der Waals surface area (Å²) in [4.78, 5) is 31.0. The van der Waals surface area contributed by atoms with Gasteiger partial charge in [-0.3, -0.25) is 9.59 Å². The zero-order valence-corrected chi connectivity index (χ0v) is 13.9. The van der Waals surface area contributed by atoms with Gasteiger partial charge in [0.15, 0.2) is 0 Å². The summed E-state index contributed by atoms with van der Waals surface area (Å²) in [6, 6.07) is -0.531. The van der Waals surface area contributed by atoms with Crippen LogP contribution in [0.25, 0.3) is 0 Å². The van der Waals surface area contributed by atoms with Crippen molar-refractivity contribution in [2.45, 2.75) is 52.6 Å². The molecule has 2 unspecified atom stereocenters. The second-order valence-corrected chi connectivity index (χ2v) is 7.37. The van der Waals surface area contributed by atoms with E-state index in [1.807, 2.05) is 38.0 Å². The van der Waals surface area contributed by atoms with Crippen molar-refractivity contribution in [1.29, 1.82) is 0 Å². The van der Waals surface area contributed by atoms with Crippen LogP contribution in [0.15, 0.2) is 11.6 Å². The Hall–Kier alpha value is -1.43. The molecule has 1 N–H and O–H groups in total. The Morgan fingerprint density at radius 1 is 1.48 bits per heavy atom. The van der Waals surface area contributed by atoms with Crippen LogP contribution in [0.5, 0.6) is 0 Å². The van der Waals surface area contributed by atoms with Gasteiger partial charge in [-0.25, -0.2) is 4.98 Å². The average molecular weight is 309 g/mol. The van der Waals surface area contributed by atoms with E-state index < -0.39 is 6.04 Å². The molecule has 5 nitrogen and oxygen atoms in total. The lowest BCUT2D eigenvalue weighted by Crippen LogP contribution is -2.52. The minimum Gasteiger partial charge on any atom is -0.344 e. The van der Waals surface area contributed by atoms with E-state index in [1.165, 1.54) is 0 Å². The SMILES string of the molecule is CCC(c1nccs1)N1CCC(=O)NC(C(C)(C)C)C1=O. The van der Waals surface area contributed by atoms with Crippen molar-refractivity contribution in [2.24, 2.45) is 5.41 Å². The van der Waals surface area contributed by atoms with Gasteiger partial charge in [0.05, 0.1) is 6.04 Å². The maximum Gasteiger partial charge on any atom is 0.246 e. The summed E-state index contributed by atoms with van der Waals surface area (Å²) >= 11 is 1.56. The highest BCUT2D eigenvalue weighted by atomic mass is 32.1. The molecular weight excluding hydrogens is 286 g/mol. The Labute approximate surface area is 129 Å². The van der Waals surface area contributed by atoms with E-state index in [-0.39, 0.29) is 23.3 Å². The molecule has 0 saturated carbocycles. The molecule has 2 heterocycles. The Bertz CT molecular complexity index is 507. The molecule has 6 heteroatoms. The number of thiazole rings is 1. The fraction of sp³-hybridized carbons (Fsp3) is 0.667. The van der Waals surface area contributed by atoms with Gasteiger partial charge in [-0.05, 0) is 11.8 Å². The molecule has 1 aromatic rings. The molecule has 2 atom stereocenters. The van der Waals surface area contributed by atoms with E-state index in [0.717, 1.165) is 11.4 Å². The first-order valence-corrected chi connectivity index (χ1v) is 8.21. The fourth-order valence-corrected chi connectivity index (χ4v) is 3.45. The maximum absolute atomic E-state index is 12.9. The van der Waals surface area contributed by atoms with Crippen molar-refractivity contribution in [2.75, 3.05) is 6.54 Å².